The Bertz CT molecular complexity index is 1580. The molecular formula is C30H42N2Na2O7S2. The Hall–Kier alpha value is -1.12. The second kappa shape index (κ2) is 17.0. The number of hydrogen-bond donors (Lipinski definition) is 2. The predicted molar refractivity (Wildman–Crippen MR) is 167 cm³/mol. The number of hydrogen-bond acceptors (Lipinski definition) is 7. The van der Waals surface area contributed by atoms with Crippen LogP contribution in [0.5, 0.6) is 5.75 Å². The standard InChI is InChI=1S/C30H40N2O7S2.2Na.2H/c1-7-20-39-28-21(6)26(22-12-16-24(17-13-22)31(8-2)9-3)27(29(40(33,34)35)30(28)41(36,37)38)23-14-18-25(19-15-23)32(10-4)11-5;;;;/h12-19H,7-11,20H2,1-6H3,(H,33,34,35)(H,36,37,38);;;;/q;2*+1;2*-1. The first kappa shape index (κ1) is 39.9. The van der Waals surface area contributed by atoms with E-state index < -0.39 is 30.0 Å². The van der Waals surface area contributed by atoms with Crippen LogP contribution in [0.25, 0.3) is 22.3 Å². The van der Waals surface area contributed by atoms with Gasteiger partial charge in [0, 0.05) is 48.7 Å². The third-order valence-corrected chi connectivity index (χ3v) is 9.10. The zero-order valence-electron chi connectivity index (χ0n) is 28.5. The van der Waals surface area contributed by atoms with Crippen LogP contribution in [-0.2, 0) is 20.2 Å². The van der Waals surface area contributed by atoms with Crippen molar-refractivity contribution in [1.29, 1.82) is 0 Å². The molecule has 0 fully saturated rings. The second-order valence-electron chi connectivity index (χ2n) is 9.60. The van der Waals surface area contributed by atoms with Crippen LogP contribution < -0.4 is 73.7 Å². The van der Waals surface area contributed by atoms with E-state index in [9.17, 15) is 25.9 Å². The number of anilines is 2. The van der Waals surface area contributed by atoms with Crippen molar-refractivity contribution in [2.75, 3.05) is 42.6 Å². The molecule has 0 saturated carbocycles. The van der Waals surface area contributed by atoms with Crippen LogP contribution in [0.2, 0.25) is 0 Å². The number of ether oxygens (including phenoxy) is 1. The maximum atomic E-state index is 13.0. The largest absolute Gasteiger partial charge is 1.00 e. The summed E-state index contributed by atoms with van der Waals surface area (Å²) in [5, 5.41) is 0. The van der Waals surface area contributed by atoms with Gasteiger partial charge in [0.2, 0.25) is 0 Å². The molecule has 0 aliphatic heterocycles. The van der Waals surface area contributed by atoms with E-state index in [1.54, 1.807) is 19.1 Å². The molecule has 43 heavy (non-hydrogen) atoms. The van der Waals surface area contributed by atoms with Crippen LogP contribution in [0, 0.1) is 6.92 Å². The van der Waals surface area contributed by atoms with Gasteiger partial charge in [-0.25, -0.2) is 0 Å². The van der Waals surface area contributed by atoms with Gasteiger partial charge in [-0.2, -0.15) is 16.8 Å². The topological polar surface area (TPSA) is 124 Å². The molecule has 0 amide bonds. The molecule has 0 radical (unpaired) electrons. The van der Waals surface area contributed by atoms with Crippen LogP contribution in [0.15, 0.2) is 58.3 Å². The average molecular weight is 653 g/mol. The Morgan fingerprint density at radius 1 is 0.651 bits per heavy atom. The Morgan fingerprint density at radius 3 is 1.35 bits per heavy atom. The number of benzene rings is 3. The van der Waals surface area contributed by atoms with Crippen molar-refractivity contribution >= 4 is 31.6 Å². The summed E-state index contributed by atoms with van der Waals surface area (Å²) in [6.07, 6.45) is 0.494. The second-order valence-corrected chi connectivity index (χ2v) is 12.3. The molecule has 0 bridgehead atoms. The summed E-state index contributed by atoms with van der Waals surface area (Å²) >= 11 is 0. The van der Waals surface area contributed by atoms with E-state index in [4.69, 9.17) is 4.74 Å². The molecule has 0 atom stereocenters. The molecule has 0 aliphatic rings. The van der Waals surface area contributed by atoms with Crippen molar-refractivity contribution in [3.63, 3.8) is 0 Å². The first-order valence-electron chi connectivity index (χ1n) is 13.8. The molecule has 3 aromatic carbocycles. The van der Waals surface area contributed by atoms with Crippen LogP contribution in [0.4, 0.5) is 11.4 Å². The van der Waals surface area contributed by atoms with Gasteiger partial charge in [0.05, 0.1) is 6.61 Å². The van der Waals surface area contributed by atoms with Gasteiger partial charge in [0.1, 0.15) is 10.6 Å². The van der Waals surface area contributed by atoms with Crippen molar-refractivity contribution in [3.05, 3.63) is 54.1 Å². The Morgan fingerprint density at radius 2 is 1.02 bits per heavy atom. The van der Waals surface area contributed by atoms with E-state index >= 15 is 0 Å². The molecule has 0 saturated heterocycles. The normalized spacial score (nSPS) is 11.3. The molecule has 9 nitrogen and oxygen atoms in total. The van der Waals surface area contributed by atoms with Crippen LogP contribution in [0.1, 0.15) is 49.5 Å². The van der Waals surface area contributed by atoms with E-state index in [2.05, 4.69) is 9.80 Å². The molecule has 0 aromatic heterocycles. The quantitative estimate of drug-likeness (QED) is 0.201. The molecule has 0 heterocycles. The maximum Gasteiger partial charge on any atom is 1.00 e. The summed E-state index contributed by atoms with van der Waals surface area (Å²) < 4.78 is 78.2. The van der Waals surface area contributed by atoms with E-state index in [0.717, 1.165) is 37.6 Å². The smallest absolute Gasteiger partial charge is 1.00 e. The number of nitrogens with zero attached hydrogens (tertiary/aromatic N) is 2. The minimum absolute atomic E-state index is 0. The Labute approximate surface area is 304 Å². The van der Waals surface area contributed by atoms with Gasteiger partial charge in [-0.1, -0.05) is 31.2 Å². The van der Waals surface area contributed by atoms with Crippen LogP contribution >= 0.6 is 0 Å². The fourth-order valence-corrected chi connectivity index (χ4v) is 7.37. The third kappa shape index (κ3) is 9.00. The molecule has 228 valence electrons. The molecule has 0 spiro atoms. The molecule has 13 heteroatoms. The van der Waals surface area contributed by atoms with E-state index in [1.807, 2.05) is 71.0 Å². The summed E-state index contributed by atoms with van der Waals surface area (Å²) in [5.41, 5.74) is 3.46. The molecule has 0 unspecified atom stereocenters. The monoisotopic (exact) mass is 652 g/mol. The van der Waals surface area contributed by atoms with E-state index in [1.165, 1.54) is 0 Å². The van der Waals surface area contributed by atoms with Crippen molar-refractivity contribution in [2.45, 2.75) is 57.8 Å². The summed E-state index contributed by atoms with van der Waals surface area (Å²) in [5.74, 6) is -0.312. The Balaban J connectivity index is 0. The third-order valence-electron chi connectivity index (χ3n) is 7.14. The van der Waals surface area contributed by atoms with Crippen molar-refractivity contribution in [2.24, 2.45) is 0 Å². The van der Waals surface area contributed by atoms with Crippen molar-refractivity contribution < 1.29 is 92.6 Å². The van der Waals surface area contributed by atoms with Gasteiger partial charge in [-0.15, -0.1) is 0 Å². The van der Waals surface area contributed by atoms with E-state index in [0.29, 0.717) is 28.7 Å². The van der Waals surface area contributed by atoms with Gasteiger partial charge in [0.25, 0.3) is 20.2 Å². The van der Waals surface area contributed by atoms with E-state index in [-0.39, 0.29) is 79.9 Å². The molecule has 3 rings (SSSR count). The molecule has 3 aromatic rings. The minimum Gasteiger partial charge on any atom is -1.00 e. The zero-order valence-corrected chi connectivity index (χ0v) is 32.1. The van der Waals surface area contributed by atoms with Crippen LogP contribution in [0.3, 0.4) is 0 Å². The maximum absolute atomic E-state index is 13.0. The van der Waals surface area contributed by atoms with Gasteiger partial charge < -0.3 is 17.4 Å². The summed E-state index contributed by atoms with van der Waals surface area (Å²) in [6, 6.07) is 14.5. The minimum atomic E-state index is -5.19. The Kier molecular flexibility index (Phi) is 15.8. The number of rotatable bonds is 13. The fraction of sp³-hybridized carbons (Fsp3) is 0.400. The fourth-order valence-electron chi connectivity index (χ4n) is 5.15. The molecular weight excluding hydrogens is 610 g/mol. The molecule has 0 aliphatic carbocycles. The van der Waals surface area contributed by atoms with Gasteiger partial charge in [0.15, 0.2) is 4.90 Å². The average Bonchev–Trinajstić information content (AvgIpc) is 2.93. The van der Waals surface area contributed by atoms with Gasteiger partial charge in [-0.3, -0.25) is 9.11 Å². The summed E-state index contributed by atoms with van der Waals surface area (Å²) in [6.45, 7) is 14.7. The first-order chi connectivity index (χ1) is 19.3. The van der Waals surface area contributed by atoms with Crippen molar-refractivity contribution in [3.8, 4) is 28.0 Å². The van der Waals surface area contributed by atoms with Crippen LogP contribution in [-0.4, -0.2) is 58.7 Å². The predicted octanol–water partition coefficient (Wildman–Crippen LogP) is 0.537. The zero-order chi connectivity index (χ0) is 30.5. The summed E-state index contributed by atoms with van der Waals surface area (Å²) in [7, 11) is -10.4. The summed E-state index contributed by atoms with van der Waals surface area (Å²) in [4.78, 5) is 2.37. The first-order valence-corrected chi connectivity index (χ1v) is 16.7. The van der Waals surface area contributed by atoms with Gasteiger partial charge in [-0.05, 0) is 82.0 Å². The molecule has 2 N–H and O–H groups in total. The van der Waals surface area contributed by atoms with Gasteiger partial charge >= 0.3 is 59.1 Å². The van der Waals surface area contributed by atoms with Crippen molar-refractivity contribution in [1.82, 2.24) is 0 Å². The SMILES string of the molecule is CCCOc1c(C)c(-c2ccc(N(CC)CC)cc2)c(-c2ccc(N(CC)CC)cc2)c(S(=O)(=O)O)c1S(=O)(=O)O.[H-].[H-].[Na+].[Na+].